The Hall–Kier alpha value is -3.26. The fourth-order valence-electron chi connectivity index (χ4n) is 2.52. The number of benzene rings is 2. The van der Waals surface area contributed by atoms with E-state index >= 15 is 0 Å². The summed E-state index contributed by atoms with van der Waals surface area (Å²) in [5.74, 6) is 1.12. The van der Waals surface area contributed by atoms with Crippen molar-refractivity contribution in [1.29, 1.82) is 5.26 Å². The van der Waals surface area contributed by atoms with Gasteiger partial charge in [0.25, 0.3) is 5.91 Å². The van der Waals surface area contributed by atoms with Gasteiger partial charge in [-0.1, -0.05) is 6.07 Å². The maximum atomic E-state index is 12.3. The van der Waals surface area contributed by atoms with Gasteiger partial charge < -0.3 is 14.8 Å². The van der Waals surface area contributed by atoms with Crippen molar-refractivity contribution in [2.24, 2.45) is 0 Å². The number of ether oxygens (including phenoxy) is 2. The number of nitriles is 1. The molecule has 1 aliphatic rings. The highest BCUT2D eigenvalue weighted by molar-refractivity contribution is 6.35. The van der Waals surface area contributed by atoms with E-state index in [2.05, 4.69) is 11.4 Å². The summed E-state index contributed by atoms with van der Waals surface area (Å²) in [5, 5.41) is 11.7. The molecule has 114 valence electrons. The molecule has 5 heteroatoms. The zero-order valence-electron chi connectivity index (χ0n) is 12.7. The van der Waals surface area contributed by atoms with Crippen LogP contribution in [0.4, 0.5) is 5.69 Å². The molecule has 0 fully saturated rings. The molecule has 2 aromatic carbocycles. The van der Waals surface area contributed by atoms with E-state index < -0.39 is 0 Å². The summed E-state index contributed by atoms with van der Waals surface area (Å²) in [4.78, 5) is 12.3. The molecule has 1 N–H and O–H groups in total. The Balaban J connectivity index is 2.11. The lowest BCUT2D eigenvalue weighted by atomic mass is 10.0. The molecule has 3 rings (SSSR count). The molecule has 0 bridgehead atoms. The fourth-order valence-corrected chi connectivity index (χ4v) is 2.52. The zero-order valence-corrected chi connectivity index (χ0v) is 12.7. The van der Waals surface area contributed by atoms with E-state index in [1.165, 1.54) is 0 Å². The Morgan fingerprint density at radius 2 is 1.96 bits per heavy atom. The minimum absolute atomic E-state index is 0.208. The number of hydrogen-bond donors (Lipinski definition) is 1. The minimum atomic E-state index is -0.208. The van der Waals surface area contributed by atoms with Crippen LogP contribution in [0.3, 0.4) is 0 Å². The van der Waals surface area contributed by atoms with E-state index in [-0.39, 0.29) is 5.91 Å². The van der Waals surface area contributed by atoms with E-state index in [4.69, 9.17) is 14.7 Å². The summed E-state index contributed by atoms with van der Waals surface area (Å²) in [5.41, 5.74) is 3.18. The first-order valence-electron chi connectivity index (χ1n) is 6.96. The van der Waals surface area contributed by atoms with Gasteiger partial charge in [0.05, 0.1) is 31.5 Å². The molecule has 2 aromatic rings. The van der Waals surface area contributed by atoms with Gasteiger partial charge in [-0.05, 0) is 36.4 Å². The van der Waals surface area contributed by atoms with Crippen LogP contribution in [-0.4, -0.2) is 20.1 Å². The predicted octanol–water partition coefficient (Wildman–Crippen LogP) is 3.07. The molecule has 0 spiro atoms. The summed E-state index contributed by atoms with van der Waals surface area (Å²) in [6.45, 7) is 0. The van der Waals surface area contributed by atoms with Gasteiger partial charge in [-0.2, -0.15) is 5.26 Å². The molecule has 0 saturated carbocycles. The number of nitrogens with zero attached hydrogens (tertiary/aromatic N) is 1. The number of methoxy groups -OCH3 is 2. The maximum Gasteiger partial charge on any atom is 0.256 e. The van der Waals surface area contributed by atoms with Crippen molar-refractivity contribution >= 4 is 23.2 Å². The van der Waals surface area contributed by atoms with Crippen molar-refractivity contribution in [3.8, 4) is 17.6 Å². The quantitative estimate of drug-likeness (QED) is 0.885. The van der Waals surface area contributed by atoms with E-state index in [1.807, 2.05) is 0 Å². The summed E-state index contributed by atoms with van der Waals surface area (Å²) >= 11 is 0. The molecule has 0 aliphatic carbocycles. The van der Waals surface area contributed by atoms with Crippen LogP contribution in [0.1, 0.15) is 16.7 Å². The van der Waals surface area contributed by atoms with Gasteiger partial charge in [0.2, 0.25) is 0 Å². The lowest BCUT2D eigenvalue weighted by molar-refractivity contribution is -0.110. The number of anilines is 1. The lowest BCUT2D eigenvalue weighted by Crippen LogP contribution is -2.03. The molecule has 1 amide bonds. The first kappa shape index (κ1) is 14.7. The summed E-state index contributed by atoms with van der Waals surface area (Å²) in [7, 11) is 3.16. The third-order valence-corrected chi connectivity index (χ3v) is 3.67. The van der Waals surface area contributed by atoms with Crippen molar-refractivity contribution in [1.82, 2.24) is 0 Å². The van der Waals surface area contributed by atoms with Crippen molar-refractivity contribution in [3.05, 3.63) is 53.1 Å². The zero-order chi connectivity index (χ0) is 16.4. The number of hydrogen-bond acceptors (Lipinski definition) is 4. The van der Waals surface area contributed by atoms with Gasteiger partial charge >= 0.3 is 0 Å². The van der Waals surface area contributed by atoms with Crippen LogP contribution in [-0.2, 0) is 4.79 Å². The number of nitrogens with one attached hydrogen (secondary N) is 1. The number of carbonyl (C=O) groups is 1. The molecule has 5 nitrogen and oxygen atoms in total. The number of carbonyl (C=O) groups excluding carboxylic acids is 1. The Kier molecular flexibility index (Phi) is 3.73. The molecule has 0 saturated heterocycles. The summed E-state index contributed by atoms with van der Waals surface area (Å²) < 4.78 is 10.6. The van der Waals surface area contributed by atoms with Crippen LogP contribution in [0, 0.1) is 11.3 Å². The first-order valence-corrected chi connectivity index (χ1v) is 6.96. The molecule has 0 unspecified atom stereocenters. The van der Waals surface area contributed by atoms with Crippen molar-refractivity contribution in [2.45, 2.75) is 0 Å². The van der Waals surface area contributed by atoms with Crippen LogP contribution in [0.5, 0.6) is 11.5 Å². The normalized spacial score (nSPS) is 14.1. The molecule has 1 heterocycles. The number of amides is 1. The monoisotopic (exact) mass is 306 g/mol. The Labute approximate surface area is 133 Å². The molecular formula is C18H14N2O3. The molecule has 0 radical (unpaired) electrons. The standard InChI is InChI=1S/C18H14N2O3/c1-22-13-4-6-17(23-2)12(8-13)9-15-14-5-3-11(10-19)7-16(14)20-18(15)21/h3-9H,1-2H3,(H,20,21). The minimum Gasteiger partial charge on any atom is -0.497 e. The largest absolute Gasteiger partial charge is 0.497 e. The highest BCUT2D eigenvalue weighted by atomic mass is 16.5. The number of fused-ring (bicyclic) bond motifs is 1. The second-order valence-electron chi connectivity index (χ2n) is 4.99. The SMILES string of the molecule is COc1ccc(OC)c(C=C2C(=O)Nc3cc(C#N)ccc32)c1. The molecular weight excluding hydrogens is 292 g/mol. The Morgan fingerprint density at radius 3 is 2.65 bits per heavy atom. The fraction of sp³-hybridized carbons (Fsp3) is 0.111. The molecule has 1 aliphatic heterocycles. The van der Waals surface area contributed by atoms with Gasteiger partial charge in [0.1, 0.15) is 11.5 Å². The van der Waals surface area contributed by atoms with Crippen LogP contribution in [0.25, 0.3) is 11.6 Å². The Morgan fingerprint density at radius 1 is 1.13 bits per heavy atom. The Bertz CT molecular complexity index is 863. The first-order chi connectivity index (χ1) is 11.2. The van der Waals surface area contributed by atoms with Crippen LogP contribution in [0.15, 0.2) is 36.4 Å². The molecule has 23 heavy (non-hydrogen) atoms. The van der Waals surface area contributed by atoms with Gasteiger partial charge in [0, 0.05) is 16.7 Å². The average molecular weight is 306 g/mol. The van der Waals surface area contributed by atoms with Crippen molar-refractivity contribution in [2.75, 3.05) is 19.5 Å². The third kappa shape index (κ3) is 2.62. The van der Waals surface area contributed by atoms with Gasteiger partial charge in [-0.3, -0.25) is 4.79 Å². The highest BCUT2D eigenvalue weighted by Gasteiger charge is 2.24. The van der Waals surface area contributed by atoms with Crippen LogP contribution < -0.4 is 14.8 Å². The predicted molar refractivity (Wildman–Crippen MR) is 87.2 cm³/mol. The van der Waals surface area contributed by atoms with Crippen molar-refractivity contribution < 1.29 is 14.3 Å². The van der Waals surface area contributed by atoms with Gasteiger partial charge in [0.15, 0.2) is 0 Å². The van der Waals surface area contributed by atoms with E-state index in [9.17, 15) is 4.79 Å². The van der Waals surface area contributed by atoms with E-state index in [1.54, 1.807) is 56.7 Å². The van der Waals surface area contributed by atoms with E-state index in [0.29, 0.717) is 28.3 Å². The summed E-state index contributed by atoms with van der Waals surface area (Å²) in [6.07, 6.45) is 1.76. The second kappa shape index (κ2) is 5.85. The summed E-state index contributed by atoms with van der Waals surface area (Å²) in [6, 6.07) is 12.6. The maximum absolute atomic E-state index is 12.3. The van der Waals surface area contributed by atoms with Crippen LogP contribution >= 0.6 is 0 Å². The lowest BCUT2D eigenvalue weighted by Gasteiger charge is -2.08. The van der Waals surface area contributed by atoms with Crippen molar-refractivity contribution in [3.63, 3.8) is 0 Å². The highest BCUT2D eigenvalue weighted by Crippen LogP contribution is 2.35. The van der Waals surface area contributed by atoms with Gasteiger partial charge in [-0.15, -0.1) is 0 Å². The van der Waals surface area contributed by atoms with E-state index in [0.717, 1.165) is 11.1 Å². The number of rotatable bonds is 3. The van der Waals surface area contributed by atoms with Gasteiger partial charge in [-0.25, -0.2) is 0 Å². The topological polar surface area (TPSA) is 71.3 Å². The van der Waals surface area contributed by atoms with Crippen LogP contribution in [0.2, 0.25) is 0 Å². The smallest absolute Gasteiger partial charge is 0.256 e. The third-order valence-electron chi connectivity index (χ3n) is 3.67. The molecule has 0 aromatic heterocycles. The second-order valence-corrected chi connectivity index (χ2v) is 4.99. The average Bonchev–Trinajstić information content (AvgIpc) is 2.89. The molecule has 0 atom stereocenters.